The predicted octanol–water partition coefficient (Wildman–Crippen LogP) is 1.40. The third-order valence-corrected chi connectivity index (χ3v) is 4.75. The van der Waals surface area contributed by atoms with Gasteiger partial charge in [0.2, 0.25) is 11.8 Å². The number of amides is 2. The van der Waals surface area contributed by atoms with Crippen molar-refractivity contribution >= 4 is 23.6 Å². The highest BCUT2D eigenvalue weighted by Crippen LogP contribution is 2.24. The molecule has 0 radical (unpaired) electrons. The number of hydrogen-bond acceptors (Lipinski definition) is 3. The molecule has 0 aliphatic carbocycles. The number of rotatable bonds is 3. The zero-order valence-electron chi connectivity index (χ0n) is 11.0. The summed E-state index contributed by atoms with van der Waals surface area (Å²) in [5.74, 6) is 2.43. The molecule has 0 aromatic rings. The number of thioether (sulfide) groups is 1. The second kappa shape index (κ2) is 6.45. The van der Waals surface area contributed by atoms with E-state index in [1.165, 1.54) is 0 Å². The van der Waals surface area contributed by atoms with E-state index >= 15 is 0 Å². The molecule has 0 spiro atoms. The average molecular weight is 270 g/mol. The number of carbonyl (C=O) groups is 2. The van der Waals surface area contributed by atoms with Crippen LogP contribution in [-0.4, -0.2) is 46.8 Å². The second-order valence-electron chi connectivity index (χ2n) is 5.03. The fourth-order valence-electron chi connectivity index (χ4n) is 2.70. The maximum atomic E-state index is 12.5. The quantitative estimate of drug-likeness (QED) is 0.843. The molecule has 2 heterocycles. The molecule has 0 aromatic carbocycles. The van der Waals surface area contributed by atoms with E-state index in [2.05, 4.69) is 5.32 Å². The molecule has 2 amide bonds. The number of carbonyl (C=O) groups excluding carboxylic acids is 2. The predicted molar refractivity (Wildman–Crippen MR) is 73.5 cm³/mol. The van der Waals surface area contributed by atoms with Gasteiger partial charge in [0.15, 0.2) is 0 Å². The van der Waals surface area contributed by atoms with Gasteiger partial charge in [0.05, 0.1) is 0 Å². The highest BCUT2D eigenvalue weighted by atomic mass is 32.2. The van der Waals surface area contributed by atoms with E-state index in [1.54, 1.807) is 0 Å². The van der Waals surface area contributed by atoms with Crippen LogP contribution in [0.2, 0.25) is 0 Å². The molecule has 4 nitrogen and oxygen atoms in total. The van der Waals surface area contributed by atoms with Crippen LogP contribution in [0.4, 0.5) is 0 Å². The minimum atomic E-state index is -0.292. The van der Waals surface area contributed by atoms with Gasteiger partial charge in [-0.3, -0.25) is 9.59 Å². The summed E-state index contributed by atoms with van der Waals surface area (Å²) in [6.45, 7) is 2.64. The third-order valence-electron chi connectivity index (χ3n) is 3.71. The van der Waals surface area contributed by atoms with Gasteiger partial charge < -0.3 is 10.2 Å². The highest BCUT2D eigenvalue weighted by molar-refractivity contribution is 7.99. The number of nitrogens with zero attached hydrogens (tertiary/aromatic N) is 1. The van der Waals surface area contributed by atoms with Gasteiger partial charge in [0.1, 0.15) is 6.04 Å². The van der Waals surface area contributed by atoms with Gasteiger partial charge in [-0.05, 0) is 30.8 Å². The first-order chi connectivity index (χ1) is 8.72. The van der Waals surface area contributed by atoms with Crippen molar-refractivity contribution in [2.75, 3.05) is 18.1 Å². The van der Waals surface area contributed by atoms with Crippen LogP contribution in [0.25, 0.3) is 0 Å². The maximum Gasteiger partial charge on any atom is 0.245 e. The Balaban J connectivity index is 2.07. The largest absolute Gasteiger partial charge is 0.344 e. The van der Waals surface area contributed by atoms with E-state index in [-0.39, 0.29) is 17.9 Å². The van der Waals surface area contributed by atoms with Crippen LogP contribution in [0.5, 0.6) is 0 Å². The molecule has 1 N–H and O–H groups in total. The molecular weight excluding hydrogens is 248 g/mol. The molecule has 1 unspecified atom stereocenters. The minimum Gasteiger partial charge on any atom is -0.344 e. The number of hydrogen-bond donors (Lipinski definition) is 1. The summed E-state index contributed by atoms with van der Waals surface area (Å²) >= 11 is 1.96. The summed E-state index contributed by atoms with van der Waals surface area (Å²) in [5.41, 5.74) is 0. The smallest absolute Gasteiger partial charge is 0.245 e. The molecule has 102 valence electrons. The van der Waals surface area contributed by atoms with E-state index in [4.69, 9.17) is 0 Å². The fourth-order valence-corrected chi connectivity index (χ4v) is 3.79. The molecule has 0 aromatic heterocycles. The summed E-state index contributed by atoms with van der Waals surface area (Å²) in [4.78, 5) is 26.1. The van der Waals surface area contributed by atoms with Crippen LogP contribution in [0, 0.1) is 0 Å². The lowest BCUT2D eigenvalue weighted by Gasteiger charge is -2.34. The van der Waals surface area contributed by atoms with Crippen molar-refractivity contribution in [1.82, 2.24) is 10.2 Å². The van der Waals surface area contributed by atoms with Crippen molar-refractivity contribution in [3.63, 3.8) is 0 Å². The third kappa shape index (κ3) is 3.19. The Bertz CT molecular complexity index is 316. The molecule has 0 saturated carbocycles. The van der Waals surface area contributed by atoms with Crippen LogP contribution in [0.3, 0.4) is 0 Å². The average Bonchev–Trinajstić information content (AvgIpc) is 2.52. The monoisotopic (exact) mass is 270 g/mol. The summed E-state index contributed by atoms with van der Waals surface area (Å²) in [7, 11) is 0. The molecule has 18 heavy (non-hydrogen) atoms. The molecule has 1 atom stereocenters. The second-order valence-corrected chi connectivity index (χ2v) is 6.26. The summed E-state index contributed by atoms with van der Waals surface area (Å²) in [5, 5.41) is 2.86. The Morgan fingerprint density at radius 2 is 2.06 bits per heavy atom. The Kier molecular flexibility index (Phi) is 4.92. The first-order valence-corrected chi connectivity index (χ1v) is 8.05. The zero-order valence-corrected chi connectivity index (χ0v) is 11.8. The van der Waals surface area contributed by atoms with Crippen LogP contribution >= 0.6 is 11.8 Å². The van der Waals surface area contributed by atoms with Gasteiger partial charge in [0.25, 0.3) is 0 Å². The Morgan fingerprint density at radius 1 is 1.33 bits per heavy atom. The lowest BCUT2D eigenvalue weighted by molar-refractivity contribution is -0.135. The van der Waals surface area contributed by atoms with E-state index in [0.717, 1.165) is 37.2 Å². The fraction of sp³-hybridized carbons (Fsp3) is 0.846. The SMILES string of the molecule is CCCC1NC(=O)CCN(C2CCSCC2)C1=O. The van der Waals surface area contributed by atoms with Crippen molar-refractivity contribution in [3.8, 4) is 0 Å². The summed E-state index contributed by atoms with van der Waals surface area (Å²) in [6.07, 6.45) is 4.27. The molecule has 2 fully saturated rings. The van der Waals surface area contributed by atoms with Gasteiger partial charge in [-0.15, -0.1) is 0 Å². The van der Waals surface area contributed by atoms with Crippen LogP contribution < -0.4 is 5.32 Å². The van der Waals surface area contributed by atoms with Crippen LogP contribution in [0.15, 0.2) is 0 Å². The maximum absolute atomic E-state index is 12.5. The molecule has 2 aliphatic rings. The lowest BCUT2D eigenvalue weighted by atomic mass is 10.1. The lowest BCUT2D eigenvalue weighted by Crippen LogP contribution is -2.49. The normalized spacial score (nSPS) is 26.9. The van der Waals surface area contributed by atoms with Gasteiger partial charge in [-0.2, -0.15) is 11.8 Å². The van der Waals surface area contributed by atoms with Crippen LogP contribution in [-0.2, 0) is 9.59 Å². The minimum absolute atomic E-state index is 0.0227. The van der Waals surface area contributed by atoms with Gasteiger partial charge in [0, 0.05) is 19.0 Å². The topological polar surface area (TPSA) is 49.4 Å². The van der Waals surface area contributed by atoms with E-state index in [9.17, 15) is 9.59 Å². The zero-order chi connectivity index (χ0) is 13.0. The van der Waals surface area contributed by atoms with Crippen molar-refractivity contribution in [1.29, 1.82) is 0 Å². The van der Waals surface area contributed by atoms with E-state index < -0.39 is 0 Å². The first kappa shape index (κ1) is 13.7. The first-order valence-electron chi connectivity index (χ1n) is 6.90. The van der Waals surface area contributed by atoms with E-state index in [0.29, 0.717) is 19.0 Å². The molecule has 5 heteroatoms. The molecule has 2 saturated heterocycles. The standard InChI is InChI=1S/C13H22N2O2S/c1-2-3-11-13(17)15(7-4-12(16)14-11)10-5-8-18-9-6-10/h10-11H,2-9H2,1H3,(H,14,16). The van der Waals surface area contributed by atoms with E-state index in [1.807, 2.05) is 23.6 Å². The van der Waals surface area contributed by atoms with Gasteiger partial charge in [-0.1, -0.05) is 13.3 Å². The highest BCUT2D eigenvalue weighted by Gasteiger charge is 2.33. The van der Waals surface area contributed by atoms with Crippen LogP contribution in [0.1, 0.15) is 39.0 Å². The molecular formula is C13H22N2O2S. The van der Waals surface area contributed by atoms with Crippen molar-refractivity contribution < 1.29 is 9.59 Å². The van der Waals surface area contributed by atoms with Crippen molar-refractivity contribution in [2.24, 2.45) is 0 Å². The molecule has 0 bridgehead atoms. The Morgan fingerprint density at radius 3 is 2.72 bits per heavy atom. The van der Waals surface area contributed by atoms with Crippen molar-refractivity contribution in [2.45, 2.75) is 51.1 Å². The Labute approximate surface area is 113 Å². The summed E-state index contributed by atoms with van der Waals surface area (Å²) in [6, 6.07) is 0.0605. The van der Waals surface area contributed by atoms with Crippen molar-refractivity contribution in [3.05, 3.63) is 0 Å². The van der Waals surface area contributed by atoms with Gasteiger partial charge >= 0.3 is 0 Å². The number of nitrogens with one attached hydrogen (secondary N) is 1. The summed E-state index contributed by atoms with van der Waals surface area (Å²) < 4.78 is 0. The Hall–Kier alpha value is -0.710. The molecule has 2 rings (SSSR count). The molecule has 2 aliphatic heterocycles. The van der Waals surface area contributed by atoms with Gasteiger partial charge in [-0.25, -0.2) is 0 Å².